The zero-order chi connectivity index (χ0) is 21.5. The van der Waals surface area contributed by atoms with Crippen molar-refractivity contribution in [2.75, 3.05) is 13.1 Å². The van der Waals surface area contributed by atoms with Gasteiger partial charge >= 0.3 is 12.2 Å². The van der Waals surface area contributed by atoms with Gasteiger partial charge in [0.05, 0.1) is 6.54 Å². The quantitative estimate of drug-likeness (QED) is 0.706. The standard InChI is InChI=1S/C22H28N4O4/c1-14(2)12-26(30-22(24)28)11-10-25-17(13-26)20(29-21(23)27)18(19(25)16-8-9-16)15-6-4-3-5-7-15/h3-7,14,16H,8-13H2,1-2H3,(H3-,23,24,27,28)/p+1. The number of benzene rings is 1. The predicted molar refractivity (Wildman–Crippen MR) is 111 cm³/mol. The second kappa shape index (κ2) is 7.68. The van der Waals surface area contributed by atoms with Crippen LogP contribution in [0.2, 0.25) is 0 Å². The van der Waals surface area contributed by atoms with Crippen LogP contribution in [-0.2, 0) is 17.9 Å². The second-order valence-corrected chi connectivity index (χ2v) is 8.68. The van der Waals surface area contributed by atoms with Crippen molar-refractivity contribution in [1.29, 1.82) is 0 Å². The van der Waals surface area contributed by atoms with Crippen molar-refractivity contribution < 1.29 is 23.8 Å². The number of hydrogen-bond donors (Lipinski definition) is 2. The van der Waals surface area contributed by atoms with Gasteiger partial charge in [0.1, 0.15) is 18.8 Å². The summed E-state index contributed by atoms with van der Waals surface area (Å²) < 4.78 is 7.91. The lowest BCUT2D eigenvalue weighted by Gasteiger charge is -2.38. The number of primary amides is 2. The van der Waals surface area contributed by atoms with E-state index in [0.717, 1.165) is 29.7 Å². The number of nitrogens with two attached hydrogens (primary N) is 2. The molecule has 0 radical (unpaired) electrons. The van der Waals surface area contributed by atoms with E-state index in [1.54, 1.807) is 0 Å². The summed E-state index contributed by atoms with van der Waals surface area (Å²) in [5.74, 6) is 1.17. The van der Waals surface area contributed by atoms with Crippen LogP contribution >= 0.6 is 0 Å². The number of hydroxylamine groups is 3. The van der Waals surface area contributed by atoms with E-state index >= 15 is 0 Å². The van der Waals surface area contributed by atoms with Crippen LogP contribution in [0.3, 0.4) is 0 Å². The summed E-state index contributed by atoms with van der Waals surface area (Å²) in [6.07, 6.45) is 0.539. The van der Waals surface area contributed by atoms with Gasteiger partial charge in [-0.1, -0.05) is 44.2 Å². The molecule has 4 rings (SSSR count). The number of carbonyl (C=O) groups excluding carboxylic acids is 2. The monoisotopic (exact) mass is 413 g/mol. The van der Waals surface area contributed by atoms with Crippen LogP contribution in [-0.4, -0.2) is 34.5 Å². The maximum atomic E-state index is 11.8. The number of rotatable bonds is 6. The number of nitrogens with zero attached hydrogens (tertiary/aromatic N) is 2. The third-order valence-electron chi connectivity index (χ3n) is 5.74. The fourth-order valence-corrected chi connectivity index (χ4v) is 4.71. The van der Waals surface area contributed by atoms with Gasteiger partial charge in [-0.2, -0.15) is 0 Å². The summed E-state index contributed by atoms with van der Waals surface area (Å²) in [4.78, 5) is 29.2. The van der Waals surface area contributed by atoms with Crippen LogP contribution in [0, 0.1) is 5.92 Å². The van der Waals surface area contributed by atoms with Gasteiger partial charge < -0.3 is 20.8 Å². The van der Waals surface area contributed by atoms with Gasteiger partial charge in [-0.3, -0.25) is 4.84 Å². The first-order valence-corrected chi connectivity index (χ1v) is 10.4. The normalized spacial score (nSPS) is 20.6. The van der Waals surface area contributed by atoms with Crippen LogP contribution in [0.5, 0.6) is 5.75 Å². The molecule has 8 nitrogen and oxygen atoms in total. The van der Waals surface area contributed by atoms with Gasteiger partial charge in [-0.15, -0.1) is 4.65 Å². The lowest BCUT2D eigenvalue weighted by atomic mass is 10.0. The Morgan fingerprint density at radius 3 is 2.43 bits per heavy atom. The van der Waals surface area contributed by atoms with Crippen LogP contribution < -0.4 is 16.2 Å². The fourth-order valence-electron chi connectivity index (χ4n) is 4.71. The second-order valence-electron chi connectivity index (χ2n) is 8.68. The van der Waals surface area contributed by atoms with Gasteiger partial charge in [0.15, 0.2) is 12.3 Å². The molecule has 2 aromatic rings. The zero-order valence-corrected chi connectivity index (χ0v) is 17.5. The molecule has 8 heteroatoms. The smallest absolute Gasteiger partial charge is 0.408 e. The van der Waals surface area contributed by atoms with Crippen molar-refractivity contribution in [1.82, 2.24) is 4.57 Å². The Kier molecular flexibility index (Phi) is 5.19. The van der Waals surface area contributed by atoms with E-state index in [1.807, 2.05) is 30.3 Å². The lowest BCUT2D eigenvalue weighted by molar-refractivity contribution is -1.10. The highest BCUT2D eigenvalue weighted by Gasteiger charge is 2.45. The number of fused-ring (bicyclic) bond motifs is 1. The molecule has 1 unspecified atom stereocenters. The highest BCUT2D eigenvalue weighted by atomic mass is 16.8. The average molecular weight is 413 g/mol. The zero-order valence-electron chi connectivity index (χ0n) is 17.5. The molecule has 0 bridgehead atoms. The molecular formula is C22H29N4O4+. The topological polar surface area (TPSA) is 110 Å². The Hall–Kier alpha value is -3.00. The van der Waals surface area contributed by atoms with Crippen molar-refractivity contribution in [3.05, 3.63) is 41.7 Å². The molecule has 30 heavy (non-hydrogen) atoms. The molecule has 1 saturated carbocycles. The van der Waals surface area contributed by atoms with Crippen LogP contribution in [0.15, 0.2) is 30.3 Å². The number of quaternary nitrogens is 1. The molecule has 1 atom stereocenters. The van der Waals surface area contributed by atoms with Crippen LogP contribution in [0.25, 0.3) is 11.1 Å². The number of amides is 2. The van der Waals surface area contributed by atoms with Crippen molar-refractivity contribution in [2.45, 2.75) is 45.7 Å². The molecule has 1 aromatic heterocycles. The highest BCUT2D eigenvalue weighted by Crippen LogP contribution is 2.51. The number of ether oxygens (including phenoxy) is 1. The molecule has 2 heterocycles. The first-order valence-electron chi connectivity index (χ1n) is 10.4. The molecule has 160 valence electrons. The van der Waals surface area contributed by atoms with Gasteiger partial charge in [-0.25, -0.2) is 9.59 Å². The number of hydrogen-bond acceptors (Lipinski definition) is 4. The predicted octanol–water partition coefficient (Wildman–Crippen LogP) is 3.49. The lowest BCUT2D eigenvalue weighted by Crippen LogP contribution is -2.56. The summed E-state index contributed by atoms with van der Waals surface area (Å²) in [6, 6.07) is 9.91. The highest BCUT2D eigenvalue weighted by molar-refractivity contribution is 5.80. The van der Waals surface area contributed by atoms with E-state index in [4.69, 9.17) is 21.0 Å². The summed E-state index contributed by atoms with van der Waals surface area (Å²) in [6.45, 7) is 6.38. The molecule has 0 saturated heterocycles. The van der Waals surface area contributed by atoms with E-state index in [-0.39, 0.29) is 10.6 Å². The Morgan fingerprint density at radius 2 is 1.87 bits per heavy atom. The number of aromatic nitrogens is 1. The molecule has 1 aromatic carbocycles. The van der Waals surface area contributed by atoms with E-state index < -0.39 is 12.2 Å². The van der Waals surface area contributed by atoms with Crippen molar-refractivity contribution >= 4 is 12.2 Å². The minimum absolute atomic E-state index is 0.0739. The van der Waals surface area contributed by atoms with E-state index in [1.165, 1.54) is 5.69 Å². The summed E-state index contributed by atoms with van der Waals surface area (Å²) in [7, 11) is 0. The van der Waals surface area contributed by atoms with Crippen molar-refractivity contribution in [2.24, 2.45) is 17.4 Å². The maximum absolute atomic E-state index is 11.8. The number of carbonyl (C=O) groups is 2. The maximum Gasteiger partial charge on any atom is 0.459 e. The molecular weight excluding hydrogens is 384 g/mol. The SMILES string of the molecule is CC(C)C[N+]1(OC(N)=O)CCn2c(c(OC(N)=O)c(-c3ccccc3)c2C2CC2)C1. The Labute approximate surface area is 175 Å². The summed E-state index contributed by atoms with van der Waals surface area (Å²) >= 11 is 0. The fraction of sp³-hybridized carbons (Fsp3) is 0.455. The van der Waals surface area contributed by atoms with Crippen molar-refractivity contribution in [3.8, 4) is 16.9 Å². The Bertz CT molecular complexity index is 965. The van der Waals surface area contributed by atoms with Crippen LogP contribution in [0.1, 0.15) is 44.0 Å². The van der Waals surface area contributed by atoms with Gasteiger partial charge in [0.25, 0.3) is 0 Å². The molecule has 1 aliphatic heterocycles. The molecule has 1 fully saturated rings. The molecule has 1 aliphatic carbocycles. The largest absolute Gasteiger partial charge is 0.459 e. The van der Waals surface area contributed by atoms with Crippen molar-refractivity contribution in [3.63, 3.8) is 0 Å². The molecule has 2 amide bonds. The Morgan fingerprint density at radius 1 is 1.17 bits per heavy atom. The minimum atomic E-state index is -0.855. The Balaban J connectivity index is 1.89. The average Bonchev–Trinajstić information content (AvgIpc) is 3.45. The minimum Gasteiger partial charge on any atom is -0.408 e. The van der Waals surface area contributed by atoms with E-state index in [2.05, 4.69) is 18.4 Å². The first kappa shape index (κ1) is 20.3. The summed E-state index contributed by atoms with van der Waals surface area (Å²) in [5.41, 5.74) is 14.8. The molecule has 2 aliphatic rings. The van der Waals surface area contributed by atoms with Gasteiger partial charge in [0, 0.05) is 23.1 Å². The summed E-state index contributed by atoms with van der Waals surface area (Å²) in [5, 5.41) is 0. The van der Waals surface area contributed by atoms with Crippen LogP contribution in [0.4, 0.5) is 9.59 Å². The van der Waals surface area contributed by atoms with Gasteiger partial charge in [-0.05, 0) is 18.4 Å². The van der Waals surface area contributed by atoms with Gasteiger partial charge in [0.2, 0.25) is 0 Å². The van der Waals surface area contributed by atoms with E-state index in [0.29, 0.717) is 37.8 Å². The molecule has 4 N–H and O–H groups in total. The molecule has 0 spiro atoms. The first-order chi connectivity index (χ1) is 14.3. The van der Waals surface area contributed by atoms with E-state index in [9.17, 15) is 9.59 Å². The third kappa shape index (κ3) is 3.87. The third-order valence-corrected chi connectivity index (χ3v) is 5.74.